The van der Waals surface area contributed by atoms with E-state index in [9.17, 15) is 19.7 Å². The summed E-state index contributed by atoms with van der Waals surface area (Å²) in [5.41, 5.74) is -0.634. The molecule has 0 aliphatic carbocycles. The minimum atomic E-state index is -1.32. The van der Waals surface area contributed by atoms with E-state index in [1.54, 1.807) is 0 Å². The smallest absolute Gasteiger partial charge is 0.326 e. The Balaban J connectivity index is 2.94. The first-order chi connectivity index (χ1) is 8.97. The van der Waals surface area contributed by atoms with E-state index >= 15 is 0 Å². The Morgan fingerprint density at radius 2 is 2.00 bits per heavy atom. The Bertz CT molecular complexity index is 502. The summed E-state index contributed by atoms with van der Waals surface area (Å²) >= 11 is 0. The summed E-state index contributed by atoms with van der Waals surface area (Å²) in [6.45, 7) is -0.422. The van der Waals surface area contributed by atoms with Crippen molar-refractivity contribution in [2.75, 3.05) is 6.61 Å². The van der Waals surface area contributed by atoms with Gasteiger partial charge in [-0.2, -0.15) is 0 Å². The van der Waals surface area contributed by atoms with Crippen molar-refractivity contribution in [3.05, 3.63) is 39.9 Å². The second kappa shape index (κ2) is 6.45. The number of para-hydroxylation sites is 1. The van der Waals surface area contributed by atoms with E-state index in [0.29, 0.717) is 0 Å². The molecule has 8 heteroatoms. The van der Waals surface area contributed by atoms with Crippen LogP contribution in [0.2, 0.25) is 0 Å². The van der Waals surface area contributed by atoms with E-state index in [0.717, 1.165) is 6.07 Å². The summed E-state index contributed by atoms with van der Waals surface area (Å²) in [4.78, 5) is 32.6. The van der Waals surface area contributed by atoms with Crippen molar-refractivity contribution in [2.24, 2.45) is 0 Å². The van der Waals surface area contributed by atoms with Crippen molar-refractivity contribution in [2.45, 2.75) is 12.5 Å². The van der Waals surface area contributed by atoms with Gasteiger partial charge in [-0.3, -0.25) is 14.9 Å². The number of hydrogen-bond acceptors (Lipinski definition) is 5. The van der Waals surface area contributed by atoms with E-state index in [2.05, 4.69) is 5.32 Å². The molecule has 1 aromatic rings. The van der Waals surface area contributed by atoms with Gasteiger partial charge in [0, 0.05) is 19.1 Å². The van der Waals surface area contributed by atoms with Crippen LogP contribution >= 0.6 is 0 Å². The predicted molar refractivity (Wildman–Crippen MR) is 63.7 cm³/mol. The number of nitrogens with one attached hydrogen (secondary N) is 1. The van der Waals surface area contributed by atoms with Gasteiger partial charge in [-0.25, -0.2) is 4.79 Å². The van der Waals surface area contributed by atoms with Crippen LogP contribution in [0.4, 0.5) is 5.69 Å². The summed E-state index contributed by atoms with van der Waals surface area (Å²) in [5, 5.41) is 30.4. The summed E-state index contributed by atoms with van der Waals surface area (Å²) in [7, 11) is 0. The average molecular weight is 268 g/mol. The van der Waals surface area contributed by atoms with Crippen molar-refractivity contribution in [1.29, 1.82) is 0 Å². The summed E-state index contributed by atoms with van der Waals surface area (Å²) in [6.07, 6.45) is -0.179. The van der Waals surface area contributed by atoms with Gasteiger partial charge in [0.25, 0.3) is 11.6 Å². The zero-order valence-electron chi connectivity index (χ0n) is 9.78. The fourth-order valence-corrected chi connectivity index (χ4v) is 1.45. The van der Waals surface area contributed by atoms with Crippen molar-refractivity contribution < 1.29 is 24.7 Å². The maximum absolute atomic E-state index is 11.8. The molecule has 19 heavy (non-hydrogen) atoms. The second-order valence-corrected chi connectivity index (χ2v) is 3.65. The minimum Gasteiger partial charge on any atom is -0.480 e. The van der Waals surface area contributed by atoms with E-state index in [4.69, 9.17) is 10.2 Å². The first-order valence-electron chi connectivity index (χ1n) is 5.35. The molecule has 0 unspecified atom stereocenters. The number of rotatable bonds is 6. The molecular formula is C11H12N2O6. The topological polar surface area (TPSA) is 130 Å². The van der Waals surface area contributed by atoms with Crippen LogP contribution in [0.5, 0.6) is 0 Å². The summed E-state index contributed by atoms with van der Waals surface area (Å²) in [5.74, 6) is -2.19. The highest BCUT2D eigenvalue weighted by molar-refractivity contribution is 5.99. The number of aliphatic hydroxyl groups excluding tert-OH is 1. The molecular weight excluding hydrogens is 256 g/mol. The first kappa shape index (κ1) is 14.6. The Morgan fingerprint density at radius 1 is 1.37 bits per heavy atom. The zero-order valence-corrected chi connectivity index (χ0v) is 9.78. The third-order valence-corrected chi connectivity index (χ3v) is 2.37. The van der Waals surface area contributed by atoms with Gasteiger partial charge in [0.1, 0.15) is 11.6 Å². The molecule has 1 rings (SSSR count). The first-order valence-corrected chi connectivity index (χ1v) is 5.35. The third-order valence-electron chi connectivity index (χ3n) is 2.37. The second-order valence-electron chi connectivity index (χ2n) is 3.65. The number of nitro benzene ring substituents is 1. The number of amides is 1. The van der Waals surface area contributed by atoms with Gasteiger partial charge in [-0.05, 0) is 6.07 Å². The third kappa shape index (κ3) is 3.75. The van der Waals surface area contributed by atoms with E-state index < -0.39 is 35.1 Å². The molecule has 0 spiro atoms. The Hall–Kier alpha value is -2.48. The van der Waals surface area contributed by atoms with Gasteiger partial charge in [-0.1, -0.05) is 12.1 Å². The quantitative estimate of drug-likeness (QED) is 0.497. The van der Waals surface area contributed by atoms with Crippen molar-refractivity contribution in [3.63, 3.8) is 0 Å². The molecule has 1 aromatic carbocycles. The minimum absolute atomic E-state index is 0.179. The largest absolute Gasteiger partial charge is 0.480 e. The molecule has 0 saturated carbocycles. The van der Waals surface area contributed by atoms with Gasteiger partial charge in [0.05, 0.1) is 4.92 Å². The molecule has 0 heterocycles. The maximum atomic E-state index is 11.8. The van der Waals surface area contributed by atoms with Crippen LogP contribution in [-0.4, -0.2) is 39.7 Å². The molecule has 3 N–H and O–H groups in total. The highest BCUT2D eigenvalue weighted by Crippen LogP contribution is 2.17. The molecule has 1 amide bonds. The molecule has 0 bridgehead atoms. The van der Waals surface area contributed by atoms with Crippen LogP contribution in [0.1, 0.15) is 16.8 Å². The van der Waals surface area contributed by atoms with E-state index in [-0.39, 0.29) is 12.0 Å². The molecule has 102 valence electrons. The molecule has 0 aliphatic heterocycles. The SMILES string of the molecule is O=C(N[C@@H](CCO)C(=O)O)c1ccccc1[N+](=O)[O-]. The number of aliphatic carboxylic acids is 1. The summed E-state index contributed by atoms with van der Waals surface area (Å²) < 4.78 is 0. The average Bonchev–Trinajstić information content (AvgIpc) is 2.37. The Labute approximate surface area is 107 Å². The number of hydrogen-bond donors (Lipinski definition) is 3. The number of aliphatic hydroxyl groups is 1. The van der Waals surface area contributed by atoms with Crippen LogP contribution in [0.15, 0.2) is 24.3 Å². The highest BCUT2D eigenvalue weighted by atomic mass is 16.6. The van der Waals surface area contributed by atoms with Crippen LogP contribution in [0.3, 0.4) is 0 Å². The monoisotopic (exact) mass is 268 g/mol. The van der Waals surface area contributed by atoms with Gasteiger partial charge in [0.2, 0.25) is 0 Å². The zero-order chi connectivity index (χ0) is 14.4. The molecule has 0 saturated heterocycles. The Morgan fingerprint density at radius 3 is 2.53 bits per heavy atom. The van der Waals surface area contributed by atoms with Crippen LogP contribution in [0.25, 0.3) is 0 Å². The van der Waals surface area contributed by atoms with Gasteiger partial charge in [-0.15, -0.1) is 0 Å². The van der Waals surface area contributed by atoms with E-state index in [1.807, 2.05) is 0 Å². The number of benzene rings is 1. The van der Waals surface area contributed by atoms with Crippen molar-refractivity contribution in [1.82, 2.24) is 5.32 Å². The molecule has 0 aliphatic rings. The lowest BCUT2D eigenvalue weighted by Crippen LogP contribution is -2.41. The van der Waals surface area contributed by atoms with Crippen LogP contribution < -0.4 is 5.32 Å². The fourth-order valence-electron chi connectivity index (χ4n) is 1.45. The number of carboxylic acids is 1. The molecule has 0 aromatic heterocycles. The predicted octanol–water partition coefficient (Wildman–Crippen LogP) is 0.160. The van der Waals surface area contributed by atoms with Gasteiger partial charge in [0.15, 0.2) is 0 Å². The highest BCUT2D eigenvalue weighted by Gasteiger charge is 2.24. The lowest BCUT2D eigenvalue weighted by atomic mass is 10.1. The van der Waals surface area contributed by atoms with Gasteiger partial charge >= 0.3 is 5.97 Å². The number of carboxylic acid groups (broad SMARTS) is 1. The maximum Gasteiger partial charge on any atom is 0.326 e. The lowest BCUT2D eigenvalue weighted by molar-refractivity contribution is -0.385. The van der Waals surface area contributed by atoms with Crippen molar-refractivity contribution in [3.8, 4) is 0 Å². The van der Waals surface area contributed by atoms with E-state index in [1.165, 1.54) is 18.2 Å². The van der Waals surface area contributed by atoms with Crippen LogP contribution in [0, 0.1) is 10.1 Å². The number of nitro groups is 1. The fraction of sp³-hybridized carbons (Fsp3) is 0.273. The molecule has 1 atom stereocenters. The summed E-state index contributed by atoms with van der Waals surface area (Å²) in [6, 6.07) is 3.92. The molecule has 8 nitrogen and oxygen atoms in total. The molecule has 0 radical (unpaired) electrons. The van der Waals surface area contributed by atoms with Crippen LogP contribution in [-0.2, 0) is 4.79 Å². The van der Waals surface area contributed by atoms with Gasteiger partial charge < -0.3 is 15.5 Å². The molecule has 0 fully saturated rings. The number of carbonyl (C=O) groups is 2. The normalized spacial score (nSPS) is 11.6. The number of carbonyl (C=O) groups excluding carboxylic acids is 1. The Kier molecular flexibility index (Phi) is 4.95. The standard InChI is InChI=1S/C11H12N2O6/c14-6-5-8(11(16)17)12-10(15)7-3-1-2-4-9(7)13(18)19/h1-4,8,14H,5-6H2,(H,12,15)(H,16,17)/t8-/m0/s1. The number of nitrogens with zero attached hydrogens (tertiary/aromatic N) is 1. The van der Waals surface area contributed by atoms with Crippen molar-refractivity contribution >= 4 is 17.6 Å². The lowest BCUT2D eigenvalue weighted by Gasteiger charge is -2.13.